The van der Waals surface area contributed by atoms with E-state index in [4.69, 9.17) is 10.5 Å². The lowest BCUT2D eigenvalue weighted by molar-refractivity contribution is 0.0977. The van der Waals surface area contributed by atoms with Crippen LogP contribution >= 0.6 is 12.6 Å². The number of ether oxygens (including phenoxy) is 1. The van der Waals surface area contributed by atoms with E-state index >= 15 is 0 Å². The van der Waals surface area contributed by atoms with Gasteiger partial charge in [-0.3, -0.25) is 0 Å². The number of carbonyl (C=O) groups excluding carboxylic acids is 1. The van der Waals surface area contributed by atoms with Crippen molar-refractivity contribution in [1.82, 2.24) is 4.90 Å². The van der Waals surface area contributed by atoms with Crippen molar-refractivity contribution in [3.8, 4) is 11.1 Å². The molecule has 2 aliphatic rings. The van der Waals surface area contributed by atoms with Crippen molar-refractivity contribution in [2.75, 3.05) is 37.7 Å². The lowest BCUT2D eigenvalue weighted by atomic mass is 9.98. The van der Waals surface area contributed by atoms with Crippen LogP contribution in [0.15, 0.2) is 71.6 Å². The third kappa shape index (κ3) is 3.96. The summed E-state index contributed by atoms with van der Waals surface area (Å²) in [6.07, 6.45) is -0.239. The van der Waals surface area contributed by atoms with Gasteiger partial charge in [0.15, 0.2) is 0 Å². The maximum absolute atomic E-state index is 12.8. The van der Waals surface area contributed by atoms with Gasteiger partial charge in [0.1, 0.15) is 6.61 Å². The Hall–Kier alpha value is -2.96. The first-order valence-electron chi connectivity index (χ1n) is 11.0. The minimum Gasteiger partial charge on any atom is -0.448 e. The molecule has 164 valence electrons. The summed E-state index contributed by atoms with van der Waals surface area (Å²) in [5.74, 6) is 0.0838. The van der Waals surface area contributed by atoms with Gasteiger partial charge in [0, 0.05) is 49.2 Å². The van der Waals surface area contributed by atoms with Crippen LogP contribution in [0.2, 0.25) is 0 Å². The second-order valence-electron chi connectivity index (χ2n) is 8.34. The molecule has 2 N–H and O–H groups in total. The van der Waals surface area contributed by atoms with Gasteiger partial charge >= 0.3 is 6.09 Å². The van der Waals surface area contributed by atoms with E-state index in [0.29, 0.717) is 26.2 Å². The monoisotopic (exact) mass is 445 g/mol. The molecule has 3 aromatic rings. The van der Waals surface area contributed by atoms with Crippen molar-refractivity contribution in [2.45, 2.75) is 17.4 Å². The number of amides is 1. The van der Waals surface area contributed by atoms with Crippen LogP contribution in [-0.2, 0) is 11.3 Å². The molecule has 0 bridgehead atoms. The van der Waals surface area contributed by atoms with E-state index in [1.165, 1.54) is 22.3 Å². The minimum absolute atomic E-state index is 0.0838. The molecular formula is C26H27N3O2S. The molecule has 1 aliphatic carbocycles. The Bertz CT molecular complexity index is 1100. The van der Waals surface area contributed by atoms with Gasteiger partial charge in [0.2, 0.25) is 0 Å². The molecule has 5 rings (SSSR count). The van der Waals surface area contributed by atoms with Gasteiger partial charge in [-0.05, 0) is 46.0 Å². The number of piperazine rings is 1. The minimum atomic E-state index is -0.239. The molecule has 0 unspecified atom stereocenters. The average Bonchev–Trinajstić information content (AvgIpc) is 3.16. The second kappa shape index (κ2) is 8.88. The number of nitrogens with two attached hydrogens (primary N) is 1. The Morgan fingerprint density at radius 1 is 0.938 bits per heavy atom. The van der Waals surface area contributed by atoms with Gasteiger partial charge in [0.05, 0.1) is 0 Å². The average molecular weight is 446 g/mol. The molecule has 5 nitrogen and oxygen atoms in total. The number of nitrogens with zero attached hydrogens (tertiary/aromatic N) is 2. The molecule has 1 saturated heterocycles. The smallest absolute Gasteiger partial charge is 0.409 e. The van der Waals surface area contributed by atoms with Gasteiger partial charge in [-0.2, -0.15) is 0 Å². The predicted molar refractivity (Wildman–Crippen MR) is 130 cm³/mol. The zero-order valence-electron chi connectivity index (χ0n) is 17.9. The van der Waals surface area contributed by atoms with Crippen molar-refractivity contribution in [3.63, 3.8) is 0 Å². The van der Waals surface area contributed by atoms with Crippen molar-refractivity contribution in [2.24, 2.45) is 5.73 Å². The van der Waals surface area contributed by atoms with Crippen LogP contribution in [0, 0.1) is 0 Å². The van der Waals surface area contributed by atoms with E-state index in [9.17, 15) is 4.79 Å². The molecule has 1 fully saturated rings. The lowest BCUT2D eigenvalue weighted by Gasteiger charge is -2.36. The first kappa shape index (κ1) is 20.9. The Kier molecular flexibility index (Phi) is 5.81. The van der Waals surface area contributed by atoms with E-state index in [1.54, 1.807) is 4.90 Å². The fraction of sp³-hybridized carbons (Fsp3) is 0.269. The molecule has 1 aliphatic heterocycles. The number of anilines is 1. The zero-order chi connectivity index (χ0) is 22.1. The number of benzene rings is 3. The van der Waals surface area contributed by atoms with Crippen LogP contribution in [0.25, 0.3) is 11.1 Å². The van der Waals surface area contributed by atoms with Gasteiger partial charge in [0.25, 0.3) is 0 Å². The fourth-order valence-electron chi connectivity index (χ4n) is 4.79. The molecular weight excluding hydrogens is 418 g/mol. The Labute approximate surface area is 194 Å². The van der Waals surface area contributed by atoms with Crippen LogP contribution in [-0.4, -0.2) is 43.8 Å². The summed E-state index contributed by atoms with van der Waals surface area (Å²) in [6, 6.07) is 22.9. The highest BCUT2D eigenvalue weighted by Crippen LogP contribution is 2.44. The molecule has 0 aromatic heterocycles. The van der Waals surface area contributed by atoms with E-state index in [1.807, 2.05) is 12.1 Å². The molecule has 1 heterocycles. The predicted octanol–water partition coefficient (Wildman–Crippen LogP) is 4.51. The molecule has 1 amide bonds. The topological polar surface area (TPSA) is 58.8 Å². The standard InChI is InChI=1S/C26H27N3O2S/c27-16-18-13-19(15-20(32)14-18)28-9-11-29(12-10-28)26(30)31-17-25-23-7-3-1-5-21(23)22-6-2-4-8-24(22)25/h1-8,13-15,25,32H,9-12,16-17,27H2. The van der Waals surface area contributed by atoms with Crippen molar-refractivity contribution in [1.29, 1.82) is 0 Å². The van der Waals surface area contributed by atoms with Crippen LogP contribution in [0.3, 0.4) is 0 Å². The van der Waals surface area contributed by atoms with Crippen molar-refractivity contribution in [3.05, 3.63) is 83.4 Å². The van der Waals surface area contributed by atoms with Crippen LogP contribution < -0.4 is 10.6 Å². The number of fused-ring (bicyclic) bond motifs is 3. The highest BCUT2D eigenvalue weighted by atomic mass is 32.1. The fourth-order valence-corrected chi connectivity index (χ4v) is 5.09. The van der Waals surface area contributed by atoms with Gasteiger partial charge in [-0.15, -0.1) is 12.6 Å². The van der Waals surface area contributed by atoms with Gasteiger partial charge in [-0.1, -0.05) is 48.5 Å². The summed E-state index contributed by atoms with van der Waals surface area (Å²) in [4.78, 5) is 17.8. The molecule has 32 heavy (non-hydrogen) atoms. The summed E-state index contributed by atoms with van der Waals surface area (Å²) in [5.41, 5.74) is 12.9. The number of carbonyl (C=O) groups is 1. The van der Waals surface area contributed by atoms with Gasteiger partial charge in [-0.25, -0.2) is 4.79 Å². The Balaban J connectivity index is 1.22. The summed E-state index contributed by atoms with van der Waals surface area (Å²) >= 11 is 4.49. The maximum atomic E-state index is 12.8. The van der Waals surface area contributed by atoms with Crippen LogP contribution in [0.4, 0.5) is 10.5 Å². The molecule has 0 radical (unpaired) electrons. The van der Waals surface area contributed by atoms with Crippen LogP contribution in [0.5, 0.6) is 0 Å². The SMILES string of the molecule is NCc1cc(S)cc(N2CCN(C(=O)OCC3c4ccccc4-c4ccccc43)CC2)c1. The number of rotatable bonds is 4. The van der Waals surface area contributed by atoms with Gasteiger partial charge < -0.3 is 20.3 Å². The summed E-state index contributed by atoms with van der Waals surface area (Å²) in [6.45, 7) is 3.61. The van der Waals surface area contributed by atoms with Crippen molar-refractivity contribution >= 4 is 24.4 Å². The Morgan fingerprint density at radius 2 is 1.56 bits per heavy atom. The largest absolute Gasteiger partial charge is 0.448 e. The highest BCUT2D eigenvalue weighted by Gasteiger charge is 2.30. The molecule has 0 saturated carbocycles. The lowest BCUT2D eigenvalue weighted by Crippen LogP contribution is -2.49. The van der Waals surface area contributed by atoms with E-state index < -0.39 is 0 Å². The number of hydrogen-bond acceptors (Lipinski definition) is 5. The maximum Gasteiger partial charge on any atom is 0.409 e. The quantitative estimate of drug-likeness (QED) is 0.581. The van der Waals surface area contributed by atoms with E-state index in [0.717, 1.165) is 29.2 Å². The molecule has 6 heteroatoms. The second-order valence-corrected chi connectivity index (χ2v) is 8.86. The van der Waals surface area contributed by atoms with Crippen LogP contribution in [0.1, 0.15) is 22.6 Å². The molecule has 0 atom stereocenters. The number of hydrogen-bond donors (Lipinski definition) is 2. The zero-order valence-corrected chi connectivity index (χ0v) is 18.8. The summed E-state index contributed by atoms with van der Waals surface area (Å²) in [5, 5.41) is 0. The number of thiol groups is 1. The summed E-state index contributed by atoms with van der Waals surface area (Å²) < 4.78 is 5.82. The van der Waals surface area contributed by atoms with E-state index in [-0.39, 0.29) is 12.0 Å². The summed E-state index contributed by atoms with van der Waals surface area (Å²) in [7, 11) is 0. The van der Waals surface area contributed by atoms with Crippen molar-refractivity contribution < 1.29 is 9.53 Å². The Morgan fingerprint density at radius 3 is 2.19 bits per heavy atom. The van der Waals surface area contributed by atoms with E-state index in [2.05, 4.69) is 72.1 Å². The molecule has 0 spiro atoms. The third-order valence-corrected chi connectivity index (χ3v) is 6.70. The molecule has 3 aromatic carbocycles. The highest BCUT2D eigenvalue weighted by molar-refractivity contribution is 7.80. The normalized spacial score (nSPS) is 15.4. The first-order chi connectivity index (χ1) is 15.6. The first-order valence-corrected chi connectivity index (χ1v) is 11.5. The third-order valence-electron chi connectivity index (χ3n) is 6.44.